The number of ether oxygens (including phenoxy) is 2. The Morgan fingerprint density at radius 3 is 1.50 bits per heavy atom. The average molecular weight is 330 g/mol. The first-order valence-electron chi connectivity index (χ1n) is 7.24. The molecular formula is C15H26O6Si. The first-order valence-corrected chi connectivity index (χ1v) is 8.76. The van der Waals surface area contributed by atoms with E-state index in [0.29, 0.717) is 13.2 Å². The van der Waals surface area contributed by atoms with E-state index in [0.717, 1.165) is 0 Å². The van der Waals surface area contributed by atoms with E-state index >= 15 is 0 Å². The van der Waals surface area contributed by atoms with Crippen LogP contribution in [-0.2, 0) is 27.9 Å². The van der Waals surface area contributed by atoms with Crippen LogP contribution in [0.4, 0.5) is 0 Å². The Hall–Kier alpha value is -1.44. The molecule has 0 aliphatic carbocycles. The molecule has 6 nitrogen and oxygen atoms in total. The minimum Gasteiger partial charge on any atom is -0.418 e. The molecule has 0 saturated heterocycles. The van der Waals surface area contributed by atoms with Crippen LogP contribution in [0, 0.1) is 0 Å². The molecule has 0 rings (SSSR count). The lowest BCUT2D eigenvalue weighted by Gasteiger charge is -2.36. The van der Waals surface area contributed by atoms with Crippen LogP contribution in [0.3, 0.4) is 0 Å². The average Bonchev–Trinajstić information content (AvgIpc) is 2.45. The summed E-state index contributed by atoms with van der Waals surface area (Å²) in [6, 6.07) is 0. The highest BCUT2D eigenvalue weighted by molar-refractivity contribution is 6.48. The third-order valence-corrected chi connectivity index (χ3v) is 5.35. The Kier molecular flexibility index (Phi) is 8.92. The second-order valence-corrected chi connectivity index (χ2v) is 6.96. The zero-order valence-corrected chi connectivity index (χ0v) is 15.2. The van der Waals surface area contributed by atoms with Gasteiger partial charge in [-0.05, 0) is 27.7 Å². The van der Waals surface area contributed by atoms with Gasteiger partial charge in [-0.15, -0.1) is 0 Å². The van der Waals surface area contributed by atoms with Crippen LogP contribution < -0.4 is 0 Å². The summed E-state index contributed by atoms with van der Waals surface area (Å²) < 4.78 is 22.1. The van der Waals surface area contributed by atoms with Crippen molar-refractivity contribution in [1.82, 2.24) is 0 Å². The van der Waals surface area contributed by atoms with Gasteiger partial charge in [-0.3, -0.25) is 0 Å². The van der Waals surface area contributed by atoms with Crippen LogP contribution in [0.25, 0.3) is 0 Å². The Morgan fingerprint density at radius 2 is 1.27 bits per heavy atom. The van der Waals surface area contributed by atoms with Gasteiger partial charge in [0, 0.05) is 30.8 Å². The highest BCUT2D eigenvalue weighted by Crippen LogP contribution is 2.26. The highest BCUT2D eigenvalue weighted by Gasteiger charge is 2.50. The summed E-state index contributed by atoms with van der Waals surface area (Å²) >= 11 is 0. The maximum Gasteiger partial charge on any atom is 0.417 e. The molecular weight excluding hydrogens is 304 g/mol. The van der Waals surface area contributed by atoms with Crippen molar-refractivity contribution in [3.8, 4) is 0 Å². The van der Waals surface area contributed by atoms with Crippen molar-refractivity contribution >= 4 is 21.2 Å². The quantitative estimate of drug-likeness (QED) is 0.265. The van der Waals surface area contributed by atoms with E-state index in [9.17, 15) is 9.59 Å². The number of esters is 2. The SMILES string of the molecule is C=C(C)C(=O)OC(CC)(OC(=O)C(=C)C)[SiH](OCC)OCC. The van der Waals surface area contributed by atoms with Gasteiger partial charge in [0.1, 0.15) is 0 Å². The maximum absolute atomic E-state index is 12.0. The van der Waals surface area contributed by atoms with Gasteiger partial charge in [0.15, 0.2) is 0 Å². The van der Waals surface area contributed by atoms with Crippen molar-refractivity contribution in [3.05, 3.63) is 24.3 Å². The molecule has 0 heterocycles. The van der Waals surface area contributed by atoms with Crippen LogP contribution in [0.2, 0.25) is 0 Å². The van der Waals surface area contributed by atoms with Gasteiger partial charge in [0.05, 0.1) is 0 Å². The molecule has 0 unspecified atom stereocenters. The van der Waals surface area contributed by atoms with Gasteiger partial charge in [-0.2, -0.15) is 0 Å². The van der Waals surface area contributed by atoms with Crippen LogP contribution in [0.15, 0.2) is 24.3 Å². The van der Waals surface area contributed by atoms with Crippen molar-refractivity contribution in [3.63, 3.8) is 0 Å². The fourth-order valence-corrected chi connectivity index (χ4v) is 3.47. The second kappa shape index (κ2) is 9.55. The van der Waals surface area contributed by atoms with Crippen LogP contribution in [-0.4, -0.2) is 39.8 Å². The number of hydrogen-bond donors (Lipinski definition) is 0. The summed E-state index contributed by atoms with van der Waals surface area (Å²) in [7, 11) is -2.65. The molecule has 0 bridgehead atoms. The minimum atomic E-state index is -2.65. The van der Waals surface area contributed by atoms with Crippen LogP contribution >= 0.6 is 0 Å². The van der Waals surface area contributed by atoms with E-state index in [2.05, 4.69) is 13.2 Å². The van der Waals surface area contributed by atoms with Gasteiger partial charge in [-0.25, -0.2) is 9.59 Å². The normalized spacial score (nSPS) is 11.2. The third-order valence-electron chi connectivity index (χ3n) is 2.72. The Bertz CT molecular complexity index is 398. The van der Waals surface area contributed by atoms with Gasteiger partial charge in [0.25, 0.3) is 5.41 Å². The summed E-state index contributed by atoms with van der Waals surface area (Å²) in [5, 5.41) is 0. The zero-order chi connectivity index (χ0) is 17.3. The lowest BCUT2D eigenvalue weighted by Crippen LogP contribution is -2.56. The molecule has 0 aliphatic rings. The number of hydrogen-bond acceptors (Lipinski definition) is 6. The number of carbonyl (C=O) groups excluding carboxylic acids is 2. The van der Waals surface area contributed by atoms with Gasteiger partial charge < -0.3 is 18.3 Å². The van der Waals surface area contributed by atoms with Crippen molar-refractivity contribution in [1.29, 1.82) is 0 Å². The summed E-state index contributed by atoms with van der Waals surface area (Å²) in [5.74, 6) is -1.32. The van der Waals surface area contributed by atoms with Crippen molar-refractivity contribution < 1.29 is 27.9 Å². The fraction of sp³-hybridized carbons (Fsp3) is 0.600. The second-order valence-electron chi connectivity index (χ2n) is 4.75. The molecule has 0 aromatic heterocycles. The molecule has 126 valence electrons. The maximum atomic E-state index is 12.0. The third kappa shape index (κ3) is 5.74. The summed E-state index contributed by atoms with van der Waals surface area (Å²) in [6.45, 7) is 16.1. The first kappa shape index (κ1) is 20.6. The smallest absolute Gasteiger partial charge is 0.417 e. The molecule has 0 fully saturated rings. The largest absolute Gasteiger partial charge is 0.418 e. The van der Waals surface area contributed by atoms with E-state index in [1.54, 1.807) is 20.8 Å². The van der Waals surface area contributed by atoms with E-state index in [4.69, 9.17) is 18.3 Å². The molecule has 0 aromatic carbocycles. The van der Waals surface area contributed by atoms with Crippen LogP contribution in [0.1, 0.15) is 41.0 Å². The molecule has 0 radical (unpaired) electrons. The zero-order valence-electron chi connectivity index (χ0n) is 14.1. The molecule has 0 spiro atoms. The Labute approximate surface area is 133 Å². The molecule has 0 atom stereocenters. The van der Waals surface area contributed by atoms with Crippen LogP contribution in [0.5, 0.6) is 0 Å². The molecule has 0 aromatic rings. The molecule has 22 heavy (non-hydrogen) atoms. The lowest BCUT2D eigenvalue weighted by molar-refractivity contribution is -0.206. The Morgan fingerprint density at radius 1 is 0.909 bits per heavy atom. The number of carbonyl (C=O) groups is 2. The van der Waals surface area contributed by atoms with E-state index < -0.39 is 26.6 Å². The summed E-state index contributed by atoms with van der Waals surface area (Å²) in [6.07, 6.45) is 0.210. The molecule has 0 aliphatic heterocycles. The predicted octanol–water partition coefficient (Wildman–Crippen LogP) is 2.16. The number of rotatable bonds is 10. The standard InChI is InChI=1S/C15H26O6Si/c1-8-15(20-13(16)11(4)5,21-14(17)12(6)7)22(18-9-2)19-10-3/h22H,4,6,8-10H2,1-3,5,7H3. The summed E-state index contributed by atoms with van der Waals surface area (Å²) in [4.78, 5) is 23.9. The predicted molar refractivity (Wildman–Crippen MR) is 85.2 cm³/mol. The van der Waals surface area contributed by atoms with E-state index in [-0.39, 0.29) is 17.6 Å². The first-order chi connectivity index (χ1) is 10.2. The highest BCUT2D eigenvalue weighted by atomic mass is 28.3. The van der Waals surface area contributed by atoms with Crippen molar-refractivity contribution in [2.45, 2.75) is 46.4 Å². The minimum absolute atomic E-state index is 0.199. The van der Waals surface area contributed by atoms with Crippen molar-refractivity contribution in [2.75, 3.05) is 13.2 Å². The van der Waals surface area contributed by atoms with Gasteiger partial charge in [-0.1, -0.05) is 20.1 Å². The Balaban J connectivity index is 5.63. The topological polar surface area (TPSA) is 71.1 Å². The van der Waals surface area contributed by atoms with Gasteiger partial charge in [0.2, 0.25) is 0 Å². The molecule has 0 saturated carbocycles. The molecule has 0 N–H and O–H groups in total. The molecule has 7 heteroatoms. The fourth-order valence-electron chi connectivity index (χ4n) is 1.52. The molecule has 0 amide bonds. The monoisotopic (exact) mass is 330 g/mol. The van der Waals surface area contributed by atoms with Gasteiger partial charge >= 0.3 is 21.2 Å². The van der Waals surface area contributed by atoms with E-state index in [1.165, 1.54) is 13.8 Å². The lowest BCUT2D eigenvalue weighted by atomic mass is 10.3. The van der Waals surface area contributed by atoms with Crippen molar-refractivity contribution in [2.24, 2.45) is 0 Å². The summed E-state index contributed by atoms with van der Waals surface area (Å²) in [5.41, 5.74) is -1.16. The van der Waals surface area contributed by atoms with E-state index in [1.807, 2.05) is 0 Å².